The molecule has 0 spiro atoms. The van der Waals surface area contributed by atoms with Crippen LogP contribution in [0.25, 0.3) is 0 Å². The van der Waals surface area contributed by atoms with E-state index in [0.717, 1.165) is 17.2 Å². The predicted molar refractivity (Wildman–Crippen MR) is 58.8 cm³/mol. The Labute approximate surface area is 83.0 Å². The van der Waals surface area contributed by atoms with Crippen LogP contribution in [0.5, 0.6) is 0 Å². The second kappa shape index (κ2) is 2.94. The minimum atomic E-state index is 0.147. The average Bonchev–Trinajstić information content (AvgIpc) is 2.44. The van der Waals surface area contributed by atoms with Crippen LogP contribution in [0.15, 0.2) is 0 Å². The lowest BCUT2D eigenvalue weighted by atomic mass is 9.91. The van der Waals surface area contributed by atoms with Crippen molar-refractivity contribution in [3.63, 3.8) is 0 Å². The molecule has 2 saturated heterocycles. The van der Waals surface area contributed by atoms with E-state index in [9.17, 15) is 0 Å². The van der Waals surface area contributed by atoms with Crippen molar-refractivity contribution in [2.24, 2.45) is 5.92 Å². The molecule has 0 aromatic rings. The van der Waals surface area contributed by atoms with Gasteiger partial charge in [0.25, 0.3) is 0 Å². The van der Waals surface area contributed by atoms with Crippen LogP contribution in [0.1, 0.15) is 34.1 Å². The minimum absolute atomic E-state index is 0.147. The summed E-state index contributed by atoms with van der Waals surface area (Å²) in [4.78, 5) is 0. The largest absolute Gasteiger partial charge is 0.371 e. The summed E-state index contributed by atoms with van der Waals surface area (Å²) in [6.07, 6.45) is 1.84. The molecule has 5 atom stereocenters. The van der Waals surface area contributed by atoms with Gasteiger partial charge in [0, 0.05) is 5.66 Å². The third-order valence-corrected chi connectivity index (χ3v) is 7.23. The highest BCUT2D eigenvalue weighted by atomic mass is 31.1. The van der Waals surface area contributed by atoms with Gasteiger partial charge in [-0.3, -0.25) is 0 Å². The van der Waals surface area contributed by atoms with Crippen LogP contribution >= 0.6 is 7.92 Å². The van der Waals surface area contributed by atoms with E-state index in [4.69, 9.17) is 4.74 Å². The molecule has 13 heavy (non-hydrogen) atoms. The van der Waals surface area contributed by atoms with Crippen LogP contribution in [0.3, 0.4) is 0 Å². The molecule has 0 aromatic carbocycles. The van der Waals surface area contributed by atoms with Gasteiger partial charge in [-0.15, -0.1) is 7.92 Å². The fourth-order valence-electron chi connectivity index (χ4n) is 2.99. The number of hydrogen-bond donors (Lipinski definition) is 0. The van der Waals surface area contributed by atoms with Gasteiger partial charge in [0.2, 0.25) is 0 Å². The highest BCUT2D eigenvalue weighted by molar-refractivity contribution is 7.58. The molecule has 1 unspecified atom stereocenters. The van der Waals surface area contributed by atoms with Crippen LogP contribution in [0.2, 0.25) is 0 Å². The van der Waals surface area contributed by atoms with E-state index in [0.29, 0.717) is 6.10 Å². The van der Waals surface area contributed by atoms with Crippen molar-refractivity contribution < 1.29 is 4.74 Å². The molecule has 0 saturated carbocycles. The SMILES string of the molecule is C[C@H]1[C@H]2CC(C)(C)O[C@@H]2[C@H](C)P1C. The Morgan fingerprint density at radius 2 is 1.85 bits per heavy atom. The quantitative estimate of drug-likeness (QED) is 0.546. The molecule has 0 bridgehead atoms. The molecule has 2 aliphatic rings. The summed E-state index contributed by atoms with van der Waals surface area (Å²) in [6, 6.07) is 0. The molecule has 0 aromatic heterocycles. The molecule has 2 aliphatic heterocycles. The predicted octanol–water partition coefficient (Wildman–Crippen LogP) is 3.07. The van der Waals surface area contributed by atoms with Crippen LogP contribution < -0.4 is 0 Å². The molecule has 0 amide bonds. The number of fused-ring (bicyclic) bond motifs is 1. The van der Waals surface area contributed by atoms with Gasteiger partial charge >= 0.3 is 0 Å². The molecule has 2 heteroatoms. The first-order valence-electron chi connectivity index (χ1n) is 5.32. The molecule has 1 nitrogen and oxygen atoms in total. The lowest BCUT2D eigenvalue weighted by Crippen LogP contribution is -2.25. The normalized spacial score (nSPS) is 53.8. The second-order valence-corrected chi connectivity index (χ2v) is 8.32. The van der Waals surface area contributed by atoms with E-state index < -0.39 is 0 Å². The van der Waals surface area contributed by atoms with E-state index in [-0.39, 0.29) is 13.5 Å². The van der Waals surface area contributed by atoms with E-state index >= 15 is 0 Å². The fraction of sp³-hybridized carbons (Fsp3) is 1.00. The average molecular weight is 200 g/mol. The van der Waals surface area contributed by atoms with Gasteiger partial charge in [0.15, 0.2) is 0 Å². The topological polar surface area (TPSA) is 9.23 Å². The lowest BCUT2D eigenvalue weighted by Gasteiger charge is -2.25. The first-order valence-corrected chi connectivity index (χ1v) is 7.25. The summed E-state index contributed by atoms with van der Waals surface area (Å²) in [5.41, 5.74) is 1.88. The number of hydrogen-bond acceptors (Lipinski definition) is 1. The van der Waals surface area contributed by atoms with Crippen molar-refractivity contribution in [3.05, 3.63) is 0 Å². The summed E-state index contributed by atoms with van der Waals surface area (Å²) in [6.45, 7) is 11.7. The molecular formula is C11H21OP. The van der Waals surface area contributed by atoms with Gasteiger partial charge in [-0.25, -0.2) is 0 Å². The Bertz CT molecular complexity index is 194. The van der Waals surface area contributed by atoms with Gasteiger partial charge < -0.3 is 4.74 Å². The highest BCUT2D eigenvalue weighted by Gasteiger charge is 2.52. The maximum Gasteiger partial charge on any atom is 0.0682 e. The van der Waals surface area contributed by atoms with Gasteiger partial charge in [0.05, 0.1) is 11.7 Å². The van der Waals surface area contributed by atoms with Crippen LogP contribution in [0.4, 0.5) is 0 Å². The van der Waals surface area contributed by atoms with Crippen LogP contribution in [-0.2, 0) is 4.74 Å². The first-order chi connectivity index (χ1) is 5.92. The van der Waals surface area contributed by atoms with Crippen molar-refractivity contribution >= 4 is 7.92 Å². The monoisotopic (exact) mass is 200 g/mol. The zero-order valence-electron chi connectivity index (χ0n) is 9.37. The molecule has 0 radical (unpaired) electrons. The zero-order valence-corrected chi connectivity index (χ0v) is 10.3. The Balaban J connectivity index is 2.18. The maximum absolute atomic E-state index is 6.14. The molecule has 0 N–H and O–H groups in total. The number of rotatable bonds is 0. The molecule has 0 aliphatic carbocycles. The molecular weight excluding hydrogens is 179 g/mol. The van der Waals surface area contributed by atoms with Crippen molar-refractivity contribution in [2.75, 3.05) is 6.66 Å². The summed E-state index contributed by atoms with van der Waals surface area (Å²) in [5.74, 6) is 0.848. The third-order valence-electron chi connectivity index (χ3n) is 3.98. The lowest BCUT2D eigenvalue weighted by molar-refractivity contribution is -0.0172. The van der Waals surface area contributed by atoms with E-state index in [1.807, 2.05) is 0 Å². The fourth-order valence-corrected chi connectivity index (χ4v) is 5.36. The maximum atomic E-state index is 6.14. The Morgan fingerprint density at radius 3 is 2.38 bits per heavy atom. The van der Waals surface area contributed by atoms with Gasteiger partial charge in [-0.05, 0) is 38.5 Å². The summed E-state index contributed by atoms with van der Waals surface area (Å²) in [5, 5.41) is 0. The molecule has 2 rings (SSSR count). The Kier molecular flexibility index (Phi) is 2.24. The molecule has 2 fully saturated rings. The van der Waals surface area contributed by atoms with Crippen LogP contribution in [-0.4, -0.2) is 29.7 Å². The third kappa shape index (κ3) is 1.45. The van der Waals surface area contributed by atoms with Crippen LogP contribution in [0, 0.1) is 5.92 Å². The van der Waals surface area contributed by atoms with Gasteiger partial charge in [-0.1, -0.05) is 13.8 Å². The minimum Gasteiger partial charge on any atom is -0.371 e. The smallest absolute Gasteiger partial charge is 0.0682 e. The summed E-state index contributed by atoms with van der Waals surface area (Å²) < 4.78 is 6.14. The summed E-state index contributed by atoms with van der Waals surface area (Å²) in [7, 11) is 0.213. The van der Waals surface area contributed by atoms with Crippen molar-refractivity contribution in [2.45, 2.75) is 57.1 Å². The van der Waals surface area contributed by atoms with E-state index in [2.05, 4.69) is 34.4 Å². The number of ether oxygens (including phenoxy) is 1. The Hall–Kier alpha value is 0.390. The van der Waals surface area contributed by atoms with Crippen molar-refractivity contribution in [3.8, 4) is 0 Å². The van der Waals surface area contributed by atoms with Gasteiger partial charge in [0.1, 0.15) is 0 Å². The molecule has 76 valence electrons. The van der Waals surface area contributed by atoms with Crippen molar-refractivity contribution in [1.82, 2.24) is 0 Å². The van der Waals surface area contributed by atoms with E-state index in [1.165, 1.54) is 6.42 Å². The van der Waals surface area contributed by atoms with Crippen molar-refractivity contribution in [1.29, 1.82) is 0 Å². The standard InChI is InChI=1S/C11H21OP/c1-7-9-6-11(3,4)12-10(9)8(2)13(7)5/h7-10H,6H2,1-5H3/t7-,8-,9+,10+,13?/m0/s1. The van der Waals surface area contributed by atoms with Gasteiger partial charge in [-0.2, -0.15) is 0 Å². The Morgan fingerprint density at radius 1 is 1.23 bits per heavy atom. The zero-order chi connectivity index (χ0) is 9.80. The molecule has 2 heterocycles. The van der Waals surface area contributed by atoms with E-state index in [1.54, 1.807) is 0 Å². The summed E-state index contributed by atoms with van der Waals surface area (Å²) >= 11 is 0. The highest BCUT2D eigenvalue weighted by Crippen LogP contribution is 2.61. The second-order valence-electron chi connectivity index (χ2n) is 5.36. The first kappa shape index (κ1) is 9.93.